The van der Waals surface area contributed by atoms with Crippen LogP contribution >= 0.6 is 0 Å². The molecule has 0 aliphatic rings. The number of hydrogen-bond donors (Lipinski definition) is 0. The van der Waals surface area contributed by atoms with Gasteiger partial charge < -0.3 is 4.42 Å². The van der Waals surface area contributed by atoms with Crippen molar-refractivity contribution in [2.24, 2.45) is 0 Å². The average molecular weight is 374 g/mol. The van der Waals surface area contributed by atoms with Gasteiger partial charge in [0.25, 0.3) is 0 Å². The summed E-state index contributed by atoms with van der Waals surface area (Å²) in [7, 11) is 0. The topological polar surface area (TPSA) is 31.0 Å². The molecule has 0 unspecified atom stereocenters. The van der Waals surface area contributed by atoms with Crippen molar-refractivity contribution in [3.8, 4) is 17.1 Å². The first-order chi connectivity index (χ1) is 14.3. The molecule has 0 saturated heterocycles. The Bertz CT molecular complexity index is 1510. The number of para-hydroxylation sites is 3. The van der Waals surface area contributed by atoms with Crippen molar-refractivity contribution in [2.75, 3.05) is 0 Å². The minimum atomic E-state index is 0.915. The van der Waals surface area contributed by atoms with Gasteiger partial charge in [0.15, 0.2) is 0 Å². The Morgan fingerprint density at radius 3 is 2.38 bits per heavy atom. The van der Waals surface area contributed by atoms with Crippen molar-refractivity contribution in [1.82, 2.24) is 9.55 Å². The predicted molar refractivity (Wildman–Crippen MR) is 119 cm³/mol. The first-order valence-electron chi connectivity index (χ1n) is 9.75. The van der Waals surface area contributed by atoms with Crippen LogP contribution in [-0.2, 0) is 0 Å². The summed E-state index contributed by atoms with van der Waals surface area (Å²) in [5.41, 5.74) is 7.33. The molecular weight excluding hydrogens is 356 g/mol. The lowest BCUT2D eigenvalue weighted by Gasteiger charge is -2.13. The van der Waals surface area contributed by atoms with Crippen LogP contribution in [0.2, 0.25) is 0 Å². The van der Waals surface area contributed by atoms with Crippen LogP contribution in [0, 0.1) is 6.92 Å². The Morgan fingerprint density at radius 1 is 0.724 bits per heavy atom. The van der Waals surface area contributed by atoms with Gasteiger partial charge in [-0.2, -0.15) is 0 Å². The molecule has 3 nitrogen and oxygen atoms in total. The molecule has 2 aromatic heterocycles. The summed E-state index contributed by atoms with van der Waals surface area (Å²) in [5.74, 6) is 0.946. The van der Waals surface area contributed by atoms with E-state index in [1.807, 2.05) is 24.3 Å². The maximum atomic E-state index is 6.08. The highest BCUT2D eigenvalue weighted by Gasteiger charge is 2.18. The summed E-state index contributed by atoms with van der Waals surface area (Å²) in [5, 5.41) is 2.31. The first-order valence-corrected chi connectivity index (χ1v) is 9.75. The quantitative estimate of drug-likeness (QED) is 0.330. The number of rotatable bonds is 2. The SMILES string of the molecule is Cc1c(-n2c(-c3ccccc3)nc3ccccc32)ccc2oc3ccccc3c12. The van der Waals surface area contributed by atoms with Gasteiger partial charge in [0, 0.05) is 16.3 Å². The number of hydrogen-bond acceptors (Lipinski definition) is 2. The second-order valence-electron chi connectivity index (χ2n) is 7.31. The van der Waals surface area contributed by atoms with E-state index in [-0.39, 0.29) is 0 Å². The van der Waals surface area contributed by atoms with Crippen LogP contribution in [0.25, 0.3) is 50.0 Å². The lowest BCUT2D eigenvalue weighted by molar-refractivity contribution is 0.668. The normalized spacial score (nSPS) is 11.6. The molecule has 0 bridgehead atoms. The number of furan rings is 1. The van der Waals surface area contributed by atoms with Crippen molar-refractivity contribution < 1.29 is 4.42 Å². The molecule has 0 atom stereocenters. The fraction of sp³-hybridized carbons (Fsp3) is 0.0385. The summed E-state index contributed by atoms with van der Waals surface area (Å²) in [4.78, 5) is 4.97. The zero-order valence-electron chi connectivity index (χ0n) is 16.0. The Labute approximate surface area is 167 Å². The van der Waals surface area contributed by atoms with E-state index in [1.54, 1.807) is 0 Å². The molecule has 0 amide bonds. The molecule has 6 rings (SSSR count). The Morgan fingerprint density at radius 2 is 1.48 bits per heavy atom. The highest BCUT2D eigenvalue weighted by atomic mass is 16.3. The average Bonchev–Trinajstić information content (AvgIpc) is 3.34. The first kappa shape index (κ1) is 16.1. The molecule has 0 radical (unpaired) electrons. The van der Waals surface area contributed by atoms with Crippen molar-refractivity contribution >= 4 is 33.0 Å². The van der Waals surface area contributed by atoms with Crippen LogP contribution < -0.4 is 0 Å². The van der Waals surface area contributed by atoms with Crippen molar-refractivity contribution in [3.05, 3.63) is 96.6 Å². The molecule has 2 heterocycles. The summed E-state index contributed by atoms with van der Waals surface area (Å²) >= 11 is 0. The molecule has 0 aliphatic heterocycles. The number of aromatic nitrogens is 2. The minimum absolute atomic E-state index is 0.915. The Balaban J connectivity index is 1.73. The van der Waals surface area contributed by atoms with E-state index < -0.39 is 0 Å². The van der Waals surface area contributed by atoms with Crippen LogP contribution in [0.4, 0.5) is 0 Å². The third-order valence-corrected chi connectivity index (χ3v) is 5.61. The molecule has 3 heteroatoms. The Hall–Kier alpha value is -3.85. The largest absolute Gasteiger partial charge is 0.456 e. The van der Waals surface area contributed by atoms with Gasteiger partial charge in [-0.05, 0) is 42.8 Å². The van der Waals surface area contributed by atoms with Gasteiger partial charge in [0.1, 0.15) is 17.0 Å². The number of nitrogens with zero attached hydrogens (tertiary/aromatic N) is 2. The Kier molecular flexibility index (Phi) is 3.38. The van der Waals surface area contributed by atoms with Crippen LogP contribution in [0.15, 0.2) is 95.4 Å². The van der Waals surface area contributed by atoms with E-state index in [0.717, 1.165) is 50.0 Å². The molecular formula is C26H18N2O. The molecule has 0 aliphatic carbocycles. The summed E-state index contributed by atoms with van der Waals surface area (Å²) in [6.07, 6.45) is 0. The van der Waals surface area contributed by atoms with Crippen molar-refractivity contribution in [1.29, 1.82) is 0 Å². The minimum Gasteiger partial charge on any atom is -0.456 e. The van der Waals surface area contributed by atoms with Gasteiger partial charge >= 0.3 is 0 Å². The zero-order chi connectivity index (χ0) is 19.4. The van der Waals surface area contributed by atoms with Crippen LogP contribution in [0.3, 0.4) is 0 Å². The molecule has 0 N–H and O–H groups in total. The van der Waals surface area contributed by atoms with Gasteiger partial charge in [-0.15, -0.1) is 0 Å². The number of aryl methyl sites for hydroxylation is 1. The maximum Gasteiger partial charge on any atom is 0.145 e. The fourth-order valence-electron chi connectivity index (χ4n) is 4.27. The summed E-state index contributed by atoms with van der Waals surface area (Å²) in [6.45, 7) is 2.17. The van der Waals surface area contributed by atoms with Gasteiger partial charge in [-0.1, -0.05) is 60.7 Å². The summed E-state index contributed by atoms with van der Waals surface area (Å²) in [6, 6.07) is 31.1. The van der Waals surface area contributed by atoms with Gasteiger partial charge in [-0.25, -0.2) is 4.98 Å². The fourth-order valence-corrected chi connectivity index (χ4v) is 4.27. The van der Waals surface area contributed by atoms with E-state index in [0.29, 0.717) is 0 Å². The number of benzene rings is 4. The number of fused-ring (bicyclic) bond motifs is 4. The van der Waals surface area contributed by atoms with E-state index in [9.17, 15) is 0 Å². The van der Waals surface area contributed by atoms with Crippen LogP contribution in [0.1, 0.15) is 5.56 Å². The maximum absolute atomic E-state index is 6.08. The lowest BCUT2D eigenvalue weighted by atomic mass is 10.0. The van der Waals surface area contributed by atoms with E-state index in [2.05, 4.69) is 78.2 Å². The zero-order valence-corrected chi connectivity index (χ0v) is 16.0. The molecule has 0 saturated carbocycles. The standard InChI is InChI=1S/C26H18N2O/c1-17-21(15-16-24-25(17)19-11-5-8-14-23(19)29-24)28-22-13-7-6-12-20(22)27-26(28)18-9-3-2-4-10-18/h2-16H,1H3. The molecule has 138 valence electrons. The molecule has 4 aromatic carbocycles. The van der Waals surface area contributed by atoms with Gasteiger partial charge in [0.2, 0.25) is 0 Å². The molecule has 0 fully saturated rings. The third kappa shape index (κ3) is 2.34. The molecule has 0 spiro atoms. The van der Waals surface area contributed by atoms with Crippen molar-refractivity contribution in [3.63, 3.8) is 0 Å². The number of imidazole rings is 1. The highest BCUT2D eigenvalue weighted by Crippen LogP contribution is 2.36. The monoisotopic (exact) mass is 374 g/mol. The van der Waals surface area contributed by atoms with Gasteiger partial charge in [-0.3, -0.25) is 4.57 Å². The second kappa shape index (κ2) is 6.08. The lowest BCUT2D eigenvalue weighted by Crippen LogP contribution is -2.00. The summed E-state index contributed by atoms with van der Waals surface area (Å²) < 4.78 is 8.35. The van der Waals surface area contributed by atoms with E-state index in [1.165, 1.54) is 5.56 Å². The molecule has 6 aromatic rings. The van der Waals surface area contributed by atoms with E-state index in [4.69, 9.17) is 9.40 Å². The van der Waals surface area contributed by atoms with Crippen LogP contribution in [0.5, 0.6) is 0 Å². The van der Waals surface area contributed by atoms with E-state index >= 15 is 0 Å². The highest BCUT2D eigenvalue weighted by molar-refractivity contribution is 6.08. The van der Waals surface area contributed by atoms with Gasteiger partial charge in [0.05, 0.1) is 16.7 Å². The third-order valence-electron chi connectivity index (χ3n) is 5.61. The second-order valence-corrected chi connectivity index (χ2v) is 7.31. The van der Waals surface area contributed by atoms with Crippen molar-refractivity contribution in [2.45, 2.75) is 6.92 Å². The van der Waals surface area contributed by atoms with Crippen LogP contribution in [-0.4, -0.2) is 9.55 Å². The predicted octanol–water partition coefficient (Wildman–Crippen LogP) is 6.90. The molecule has 29 heavy (non-hydrogen) atoms. The smallest absolute Gasteiger partial charge is 0.145 e.